The van der Waals surface area contributed by atoms with E-state index in [-0.39, 0.29) is 62.1 Å². The predicted octanol–water partition coefficient (Wildman–Crippen LogP) is 1.71. The molecule has 0 radical (unpaired) electrons. The van der Waals surface area contributed by atoms with Gasteiger partial charge in [-0.1, -0.05) is 12.8 Å². The number of carbonyl (C=O) groups is 6. The van der Waals surface area contributed by atoms with Gasteiger partial charge in [0, 0.05) is 31.8 Å². The number of alkyl carbamates (subject to hydrolysis) is 1. The number of aliphatic carboxylic acids is 2. The van der Waals surface area contributed by atoms with E-state index in [9.17, 15) is 33.9 Å². The average molecular weight is 916 g/mol. The molecule has 0 spiro atoms. The molecule has 0 saturated heterocycles. The van der Waals surface area contributed by atoms with E-state index in [1.807, 2.05) is 6.07 Å². The van der Waals surface area contributed by atoms with Crippen molar-refractivity contribution in [2.45, 2.75) is 115 Å². The van der Waals surface area contributed by atoms with Crippen LogP contribution in [0.1, 0.15) is 113 Å². The van der Waals surface area contributed by atoms with Crippen molar-refractivity contribution in [1.82, 2.24) is 21.3 Å². The van der Waals surface area contributed by atoms with Gasteiger partial charge in [0.05, 0.1) is 6.61 Å². The number of nitrogens with one attached hydrogen (secondary N) is 4. The molecule has 0 aliphatic heterocycles. The van der Waals surface area contributed by atoms with Crippen molar-refractivity contribution in [2.75, 3.05) is 19.7 Å². The molecule has 286 valence electrons. The first-order valence-electron chi connectivity index (χ1n) is 17.3. The van der Waals surface area contributed by atoms with E-state index in [0.29, 0.717) is 63.6 Å². The molecule has 0 bridgehead atoms. The number of ether oxygens (including phenoxy) is 1. The summed E-state index contributed by atoms with van der Waals surface area (Å²) >= 11 is 1.42. The Morgan fingerprint density at radius 1 is 0.784 bits per heavy atom. The fourth-order valence-corrected chi connectivity index (χ4v) is 5.82. The number of aliphatic imine (C=N–C) groups is 1. The molecule has 1 aromatic rings. The van der Waals surface area contributed by atoms with Crippen molar-refractivity contribution in [2.24, 2.45) is 16.5 Å². The van der Waals surface area contributed by atoms with Crippen LogP contribution in [-0.2, 0) is 30.5 Å². The molecular weight excluding hydrogens is 861 g/mol. The zero-order valence-corrected chi connectivity index (χ0v) is 32.3. The predicted molar refractivity (Wildman–Crippen MR) is 187 cm³/mol. The van der Waals surface area contributed by atoms with E-state index in [1.54, 1.807) is 19.1 Å². The first-order chi connectivity index (χ1) is 24.3. The Kier molecular flexibility index (Phi) is 23.6. The number of unbranched alkanes of at least 4 members (excludes halogenated alkanes) is 6. The van der Waals surface area contributed by atoms with Gasteiger partial charge in [0.1, 0.15) is 0 Å². The van der Waals surface area contributed by atoms with Gasteiger partial charge in [-0.05, 0) is 45.4 Å². The Balaban J connectivity index is 2.11. The maximum absolute atomic E-state index is 12.6. The van der Waals surface area contributed by atoms with Crippen LogP contribution in [0.25, 0.3) is 0 Å². The second-order valence-corrected chi connectivity index (χ2v) is 13.9. The van der Waals surface area contributed by atoms with E-state index in [1.165, 1.54) is 24.7 Å². The van der Waals surface area contributed by atoms with Crippen LogP contribution in [0.15, 0.2) is 23.2 Å². The molecule has 0 fully saturated rings. The topological polar surface area (TPSA) is 265 Å². The number of benzene rings is 1. The van der Waals surface area contributed by atoms with E-state index in [4.69, 9.17) is 21.3 Å². The molecule has 0 aromatic heterocycles. The van der Waals surface area contributed by atoms with Crippen LogP contribution in [0.4, 0.5) is 4.79 Å². The van der Waals surface area contributed by atoms with E-state index in [0.717, 1.165) is 34.5 Å². The number of rotatable bonds is 27. The van der Waals surface area contributed by atoms with Crippen LogP contribution in [-0.4, -0.2) is 83.7 Å². The minimum absolute atomic E-state index is 0.0276. The van der Waals surface area contributed by atoms with Gasteiger partial charge in [-0.25, -0.2) is 4.79 Å². The van der Waals surface area contributed by atoms with Crippen LogP contribution in [0.2, 0.25) is 0 Å². The third-order valence-corrected chi connectivity index (χ3v) is 8.44. The second-order valence-electron chi connectivity index (χ2n) is 12.2. The van der Waals surface area contributed by atoms with Crippen molar-refractivity contribution < 1.29 is 68.4 Å². The Bertz CT molecular complexity index is 1310. The van der Waals surface area contributed by atoms with Crippen LogP contribution < -0.4 is 36.0 Å². The first kappa shape index (κ1) is 45.0. The Morgan fingerprint density at radius 2 is 1.43 bits per heavy atom. The van der Waals surface area contributed by atoms with E-state index >= 15 is 0 Å². The summed E-state index contributed by atoms with van der Waals surface area (Å²) in [6.07, 6.45) is 6.51. The molecular formula is C34H54AtN7O9. The fraction of sp³-hybridized carbons (Fsp3) is 0.618. The summed E-state index contributed by atoms with van der Waals surface area (Å²) in [6.45, 7) is 3.10. The molecule has 16 nitrogen and oxygen atoms in total. The summed E-state index contributed by atoms with van der Waals surface area (Å²) in [5.74, 6) is -2.68. The van der Waals surface area contributed by atoms with Crippen molar-refractivity contribution in [3.63, 3.8) is 0 Å². The number of carboxylic acid groups (broad SMARTS) is 2. The third kappa shape index (κ3) is 23.9. The van der Waals surface area contributed by atoms with Gasteiger partial charge in [-0.2, -0.15) is 0 Å². The second kappa shape index (κ2) is 26.8. The average Bonchev–Trinajstić information content (AvgIpc) is 3.06. The van der Waals surface area contributed by atoms with Crippen LogP contribution in [0, 0.1) is 24.7 Å². The summed E-state index contributed by atoms with van der Waals surface area (Å²) < 4.78 is 6.03. The molecule has 0 aliphatic rings. The van der Waals surface area contributed by atoms with Gasteiger partial charge in [-0.15, -0.1) is 0 Å². The standard InChI is InChI=1S/C34H54AtN7O9/c1-23(14-15-30(45)46)41-34(50)51-18-10-4-8-16-38-28(43)12-5-2-3-6-13-29(44)42-27(32(48)49)11-7-9-17-39-31(47)25-19-24(20-26(35)21-25)22-40-33(36)37/h19-21,23,27H,2-18,22H2,1H3,(H,38,43)(H,39,47)(H,41,50)(H,42,44)(H,45,46)(H,48,49)(H4,36,37,40)/t23-,27?/m1/s1/i35+1. The van der Waals surface area contributed by atoms with Gasteiger partial charge in [0.2, 0.25) is 5.91 Å². The summed E-state index contributed by atoms with van der Waals surface area (Å²) in [4.78, 5) is 74.9. The van der Waals surface area contributed by atoms with E-state index < -0.39 is 24.1 Å². The third-order valence-electron chi connectivity index (χ3n) is 7.59. The number of nitrogens with zero attached hydrogens (tertiary/aromatic N) is 1. The zero-order chi connectivity index (χ0) is 38.0. The molecule has 10 N–H and O–H groups in total. The van der Waals surface area contributed by atoms with Gasteiger partial charge in [0.25, 0.3) is 0 Å². The number of amides is 4. The van der Waals surface area contributed by atoms with Gasteiger partial charge >= 0.3 is 173 Å². The molecule has 4 amide bonds. The normalized spacial score (nSPS) is 11.8. The number of carboxylic acids is 2. The van der Waals surface area contributed by atoms with E-state index in [2.05, 4.69) is 26.3 Å². The molecule has 0 saturated carbocycles. The van der Waals surface area contributed by atoms with Crippen LogP contribution >= 0.6 is 0 Å². The van der Waals surface area contributed by atoms with Crippen LogP contribution in [0.3, 0.4) is 0 Å². The summed E-state index contributed by atoms with van der Waals surface area (Å²) in [5.41, 5.74) is 12.1. The Morgan fingerprint density at radius 3 is 2.10 bits per heavy atom. The molecule has 2 atom stereocenters. The number of guanidine groups is 1. The first-order valence-corrected chi connectivity index (χ1v) is 18.8. The molecule has 1 unspecified atom stereocenters. The molecule has 0 aliphatic carbocycles. The summed E-state index contributed by atoms with van der Waals surface area (Å²) in [7, 11) is 0. The van der Waals surface area contributed by atoms with Gasteiger partial charge in [0.15, 0.2) is 0 Å². The maximum atomic E-state index is 12.6. The molecule has 51 heavy (non-hydrogen) atoms. The Hall–Kier alpha value is -4.01. The fourth-order valence-electron chi connectivity index (χ4n) is 4.82. The van der Waals surface area contributed by atoms with Crippen molar-refractivity contribution in [3.05, 3.63) is 29.3 Å². The minimum atomic E-state index is -1.11. The van der Waals surface area contributed by atoms with Crippen molar-refractivity contribution >= 4 is 45.0 Å². The number of hydrogen-bond acceptors (Lipinski definition) is 8. The van der Waals surface area contributed by atoms with Crippen LogP contribution in [0.5, 0.6) is 0 Å². The summed E-state index contributed by atoms with van der Waals surface area (Å²) in [6, 6.07) is 4.13. The van der Waals surface area contributed by atoms with Gasteiger partial charge in [-0.3, -0.25) is 14.4 Å². The van der Waals surface area contributed by atoms with Crippen molar-refractivity contribution in [3.8, 4) is 0 Å². The zero-order valence-electron chi connectivity index (χ0n) is 29.3. The SMILES string of the molecule is C[C@H](CCC(=O)O)NC(=O)OCCCCCNC(=O)CCCCCCC(=O)NC(CCCCNC(=O)c1cc([211At])cc(CN=C(N)N)c1)C(=O)O. The monoisotopic (exact) mass is 915 g/mol. The number of nitrogens with two attached hydrogens (primary N) is 2. The molecule has 1 aromatic carbocycles. The number of hydrogen-bond donors (Lipinski definition) is 8. The Labute approximate surface area is 314 Å². The number of carbonyl (C=O) groups excluding carboxylic acids is 4. The summed E-state index contributed by atoms with van der Waals surface area (Å²) in [5, 5.41) is 29.1. The molecule has 0 heterocycles. The van der Waals surface area contributed by atoms with Crippen molar-refractivity contribution in [1.29, 1.82) is 0 Å². The molecule has 1 rings (SSSR count). The van der Waals surface area contributed by atoms with Gasteiger partial charge < -0.3 is 20.5 Å². The quantitative estimate of drug-likeness (QED) is 0.0358. The molecule has 17 heteroatoms.